The van der Waals surface area contributed by atoms with Gasteiger partial charge < -0.3 is 16.4 Å². The molecule has 0 spiro atoms. The number of anilines is 1. The summed E-state index contributed by atoms with van der Waals surface area (Å²) in [6, 6.07) is 22.5. The molecule has 0 aromatic heterocycles. The first-order valence-corrected chi connectivity index (χ1v) is 12.5. The molecule has 3 aromatic rings. The van der Waals surface area contributed by atoms with Gasteiger partial charge in [-0.15, -0.1) is 0 Å². The molecule has 36 heavy (non-hydrogen) atoms. The molecule has 0 aliphatic heterocycles. The zero-order valence-electron chi connectivity index (χ0n) is 20.6. The van der Waals surface area contributed by atoms with Gasteiger partial charge in [-0.05, 0) is 60.2 Å². The van der Waals surface area contributed by atoms with Crippen molar-refractivity contribution in [1.82, 2.24) is 5.32 Å². The van der Waals surface area contributed by atoms with Gasteiger partial charge >= 0.3 is 0 Å². The number of nitrogens with two attached hydrogens (primary N) is 1. The SMILES string of the molecule is Cc1ccc(CN)cc1NC(=O)CC1CCCCC(NC(=O)c2ccc(-c3ccccc3)cc2)C1=O. The summed E-state index contributed by atoms with van der Waals surface area (Å²) in [5.41, 5.74) is 10.9. The van der Waals surface area contributed by atoms with Crippen molar-refractivity contribution in [3.8, 4) is 11.1 Å². The van der Waals surface area contributed by atoms with Crippen molar-refractivity contribution in [2.45, 2.75) is 51.6 Å². The molecular weight excluding hydrogens is 450 g/mol. The summed E-state index contributed by atoms with van der Waals surface area (Å²) >= 11 is 0. The molecule has 3 aromatic carbocycles. The molecule has 1 aliphatic carbocycles. The Morgan fingerprint density at radius 3 is 2.33 bits per heavy atom. The first-order valence-electron chi connectivity index (χ1n) is 12.5. The van der Waals surface area contributed by atoms with Gasteiger partial charge in [-0.25, -0.2) is 0 Å². The first kappa shape index (κ1) is 25.3. The number of carbonyl (C=O) groups excluding carboxylic acids is 3. The summed E-state index contributed by atoms with van der Waals surface area (Å²) in [6.07, 6.45) is 3.01. The Balaban J connectivity index is 1.38. The van der Waals surface area contributed by atoms with E-state index in [0.717, 1.165) is 35.1 Å². The highest BCUT2D eigenvalue weighted by atomic mass is 16.2. The van der Waals surface area contributed by atoms with Crippen molar-refractivity contribution in [1.29, 1.82) is 0 Å². The number of amides is 2. The third-order valence-corrected chi connectivity index (χ3v) is 6.84. The number of carbonyl (C=O) groups is 3. The summed E-state index contributed by atoms with van der Waals surface area (Å²) in [7, 11) is 0. The second kappa shape index (κ2) is 11.8. The minimum Gasteiger partial charge on any atom is -0.342 e. The third-order valence-electron chi connectivity index (χ3n) is 6.84. The Labute approximate surface area is 212 Å². The lowest BCUT2D eigenvalue weighted by atomic mass is 9.92. The van der Waals surface area contributed by atoms with Crippen LogP contribution in [0.2, 0.25) is 0 Å². The molecule has 0 saturated heterocycles. The van der Waals surface area contributed by atoms with Crippen LogP contribution in [0.4, 0.5) is 5.69 Å². The van der Waals surface area contributed by atoms with Gasteiger partial charge in [0.2, 0.25) is 5.91 Å². The second-order valence-corrected chi connectivity index (χ2v) is 9.46. The van der Waals surface area contributed by atoms with Crippen molar-refractivity contribution >= 4 is 23.3 Å². The highest BCUT2D eigenvalue weighted by molar-refractivity contribution is 6.00. The molecule has 0 bridgehead atoms. The molecule has 6 nitrogen and oxygen atoms in total. The van der Waals surface area contributed by atoms with Gasteiger partial charge in [-0.2, -0.15) is 0 Å². The van der Waals surface area contributed by atoms with Gasteiger partial charge in [-0.1, -0.05) is 67.4 Å². The van der Waals surface area contributed by atoms with E-state index < -0.39 is 12.0 Å². The van der Waals surface area contributed by atoms with Crippen LogP contribution in [0, 0.1) is 12.8 Å². The van der Waals surface area contributed by atoms with Crippen LogP contribution in [0.15, 0.2) is 72.8 Å². The van der Waals surface area contributed by atoms with E-state index >= 15 is 0 Å². The van der Waals surface area contributed by atoms with Gasteiger partial charge in [0.1, 0.15) is 0 Å². The molecule has 2 amide bonds. The minimum absolute atomic E-state index is 0.0654. The number of hydrogen-bond acceptors (Lipinski definition) is 4. The number of aryl methyl sites for hydroxylation is 1. The fourth-order valence-electron chi connectivity index (χ4n) is 4.70. The Bertz CT molecular complexity index is 1220. The first-order chi connectivity index (χ1) is 17.4. The predicted octanol–water partition coefficient (Wildman–Crippen LogP) is 5.01. The number of Topliss-reactive ketones (excluding diaryl/α,β-unsaturated/α-hetero) is 1. The number of benzene rings is 3. The fraction of sp³-hybridized carbons (Fsp3) is 0.300. The van der Waals surface area contributed by atoms with E-state index in [0.29, 0.717) is 30.6 Å². The number of rotatable bonds is 7. The van der Waals surface area contributed by atoms with E-state index in [1.165, 1.54) is 0 Å². The molecule has 0 radical (unpaired) electrons. The lowest BCUT2D eigenvalue weighted by Crippen LogP contribution is -2.43. The van der Waals surface area contributed by atoms with E-state index in [9.17, 15) is 14.4 Å². The van der Waals surface area contributed by atoms with Crippen LogP contribution < -0.4 is 16.4 Å². The molecule has 1 saturated carbocycles. The minimum atomic E-state index is -0.589. The van der Waals surface area contributed by atoms with Crippen LogP contribution in [-0.4, -0.2) is 23.6 Å². The second-order valence-electron chi connectivity index (χ2n) is 9.46. The Hall–Kier alpha value is -3.77. The number of nitrogens with one attached hydrogen (secondary N) is 2. The monoisotopic (exact) mass is 483 g/mol. The van der Waals surface area contributed by atoms with Crippen molar-refractivity contribution in [2.75, 3.05) is 5.32 Å². The maximum Gasteiger partial charge on any atom is 0.251 e. The number of hydrogen-bond donors (Lipinski definition) is 3. The molecule has 186 valence electrons. The maximum atomic E-state index is 13.3. The van der Waals surface area contributed by atoms with Crippen LogP contribution in [0.5, 0.6) is 0 Å². The number of ketones is 1. The fourth-order valence-corrected chi connectivity index (χ4v) is 4.70. The van der Waals surface area contributed by atoms with Gasteiger partial charge in [0, 0.05) is 30.1 Å². The zero-order valence-corrected chi connectivity index (χ0v) is 20.6. The topological polar surface area (TPSA) is 101 Å². The Morgan fingerprint density at radius 1 is 0.917 bits per heavy atom. The molecule has 6 heteroatoms. The van der Waals surface area contributed by atoms with Crippen LogP contribution >= 0.6 is 0 Å². The summed E-state index contributed by atoms with van der Waals surface area (Å²) in [5, 5.41) is 5.87. The molecular formula is C30H33N3O3. The molecule has 1 fully saturated rings. The molecule has 4 N–H and O–H groups in total. The van der Waals surface area contributed by atoms with E-state index in [4.69, 9.17) is 5.73 Å². The smallest absolute Gasteiger partial charge is 0.251 e. The van der Waals surface area contributed by atoms with Crippen molar-refractivity contribution in [2.24, 2.45) is 11.7 Å². The standard InChI is InChI=1S/C30H33N3O3/c1-20-11-12-21(19-31)17-27(20)32-28(34)18-25-9-5-6-10-26(29(25)35)33-30(36)24-15-13-23(14-16-24)22-7-3-2-4-8-22/h2-4,7-8,11-17,25-26H,5-6,9-10,18-19,31H2,1H3,(H,32,34)(H,33,36). The van der Waals surface area contributed by atoms with Crippen LogP contribution in [0.3, 0.4) is 0 Å². The van der Waals surface area contributed by atoms with Crippen LogP contribution in [-0.2, 0) is 16.1 Å². The predicted molar refractivity (Wildman–Crippen MR) is 142 cm³/mol. The largest absolute Gasteiger partial charge is 0.342 e. The van der Waals surface area contributed by atoms with Crippen molar-refractivity contribution in [3.63, 3.8) is 0 Å². The molecule has 1 aliphatic rings. The van der Waals surface area contributed by atoms with Gasteiger partial charge in [0.15, 0.2) is 5.78 Å². The lowest BCUT2D eigenvalue weighted by Gasteiger charge is -2.20. The van der Waals surface area contributed by atoms with Gasteiger partial charge in [0.05, 0.1) is 6.04 Å². The average Bonchev–Trinajstić information content (AvgIpc) is 3.07. The van der Waals surface area contributed by atoms with E-state index in [1.54, 1.807) is 12.1 Å². The molecule has 2 atom stereocenters. The van der Waals surface area contributed by atoms with E-state index in [2.05, 4.69) is 10.6 Å². The van der Waals surface area contributed by atoms with E-state index in [1.807, 2.05) is 67.6 Å². The normalized spacial score (nSPS) is 17.8. The highest BCUT2D eigenvalue weighted by Gasteiger charge is 2.32. The van der Waals surface area contributed by atoms with Gasteiger partial charge in [-0.3, -0.25) is 14.4 Å². The Morgan fingerprint density at radius 2 is 1.61 bits per heavy atom. The summed E-state index contributed by atoms with van der Waals surface area (Å²) in [5.74, 6) is -0.957. The van der Waals surface area contributed by atoms with E-state index in [-0.39, 0.29) is 24.0 Å². The van der Waals surface area contributed by atoms with Crippen molar-refractivity contribution < 1.29 is 14.4 Å². The molecule has 4 rings (SSSR count). The summed E-state index contributed by atoms with van der Waals surface area (Å²) in [6.45, 7) is 2.31. The van der Waals surface area contributed by atoms with Crippen molar-refractivity contribution in [3.05, 3.63) is 89.5 Å². The third kappa shape index (κ3) is 6.26. The van der Waals surface area contributed by atoms with Gasteiger partial charge in [0.25, 0.3) is 5.91 Å². The highest BCUT2D eigenvalue weighted by Crippen LogP contribution is 2.25. The average molecular weight is 484 g/mol. The quantitative estimate of drug-likeness (QED) is 0.411. The van der Waals surface area contributed by atoms with Crippen LogP contribution in [0.1, 0.15) is 53.6 Å². The Kier molecular flexibility index (Phi) is 8.28. The molecule has 0 heterocycles. The molecule has 2 unspecified atom stereocenters. The lowest BCUT2D eigenvalue weighted by molar-refractivity contribution is -0.128. The zero-order chi connectivity index (χ0) is 25.5. The summed E-state index contributed by atoms with van der Waals surface area (Å²) in [4.78, 5) is 39.0. The maximum absolute atomic E-state index is 13.3. The summed E-state index contributed by atoms with van der Waals surface area (Å²) < 4.78 is 0. The van der Waals surface area contributed by atoms with Crippen LogP contribution in [0.25, 0.3) is 11.1 Å².